The van der Waals surface area contributed by atoms with Crippen molar-refractivity contribution in [1.29, 1.82) is 0 Å². The number of aromatic nitrogens is 2. The van der Waals surface area contributed by atoms with Crippen LogP contribution in [0.2, 0.25) is 0 Å². The third-order valence-electron chi connectivity index (χ3n) is 7.65. The average molecular weight is 722 g/mol. The molecule has 1 atom stereocenters. The van der Waals surface area contributed by atoms with Gasteiger partial charge in [0.15, 0.2) is 0 Å². The summed E-state index contributed by atoms with van der Waals surface area (Å²) in [5.41, 5.74) is 4.54. The zero-order valence-electron chi connectivity index (χ0n) is 29.2. The molecule has 0 saturated carbocycles. The lowest BCUT2D eigenvalue weighted by atomic mass is 10.0. The molecule has 258 valence electrons. The van der Waals surface area contributed by atoms with E-state index in [-0.39, 0.29) is 18.2 Å². The molecule has 2 aromatic carbocycles. The zero-order valence-corrected chi connectivity index (χ0v) is 30.8. The van der Waals surface area contributed by atoms with Crippen molar-refractivity contribution in [3.8, 4) is 22.4 Å². The molecule has 1 unspecified atom stereocenters. The Hall–Kier alpha value is -4.12. The van der Waals surface area contributed by atoms with Crippen molar-refractivity contribution in [1.82, 2.24) is 25.1 Å². The van der Waals surface area contributed by atoms with E-state index in [4.69, 9.17) is 9.47 Å². The number of ether oxygens (including phenoxy) is 2. The summed E-state index contributed by atoms with van der Waals surface area (Å²) >= 11 is 3.62. The van der Waals surface area contributed by atoms with Crippen molar-refractivity contribution in [2.75, 3.05) is 26.2 Å². The van der Waals surface area contributed by atoms with E-state index in [1.807, 2.05) is 66.8 Å². The second kappa shape index (κ2) is 15.9. The van der Waals surface area contributed by atoms with Gasteiger partial charge in [0.05, 0.1) is 23.6 Å². The fourth-order valence-electron chi connectivity index (χ4n) is 5.47. The molecule has 0 radical (unpaired) electrons. The molecular weight excluding hydrogens is 672 g/mol. The highest BCUT2D eigenvalue weighted by molar-refractivity contribution is 9.11. The molecular formula is C37H49BrN6O4. The number of nitrogens with one attached hydrogen (secondary N) is 2. The number of amides is 2. The summed E-state index contributed by atoms with van der Waals surface area (Å²) in [7, 11) is 0. The minimum atomic E-state index is -0.543. The van der Waals surface area contributed by atoms with Crippen molar-refractivity contribution in [3.05, 3.63) is 70.7 Å². The van der Waals surface area contributed by atoms with Gasteiger partial charge in [-0.2, -0.15) is 0 Å². The first-order valence-electron chi connectivity index (χ1n) is 16.5. The SMILES string of the molecule is C=N/C(=C(/Br)NCCN(CCC)C(=O)OC(C)(C)C)c1ccc(-c2ccc(-c3cnc(C4CCCN4C(=O)OC(C)(C)C)[nH]3)cc2)cc1. The maximum Gasteiger partial charge on any atom is 0.410 e. The number of aromatic amines is 1. The largest absolute Gasteiger partial charge is 0.444 e. The number of H-pyrrole nitrogens is 1. The van der Waals surface area contributed by atoms with E-state index in [0.717, 1.165) is 53.0 Å². The van der Waals surface area contributed by atoms with E-state index < -0.39 is 11.2 Å². The highest BCUT2D eigenvalue weighted by Crippen LogP contribution is 2.33. The number of halogens is 1. The van der Waals surface area contributed by atoms with E-state index in [1.165, 1.54) is 0 Å². The van der Waals surface area contributed by atoms with Gasteiger partial charge in [0.25, 0.3) is 0 Å². The van der Waals surface area contributed by atoms with E-state index in [9.17, 15) is 9.59 Å². The molecule has 0 spiro atoms. The van der Waals surface area contributed by atoms with Gasteiger partial charge in [0.2, 0.25) is 0 Å². The quantitative estimate of drug-likeness (QED) is 0.151. The van der Waals surface area contributed by atoms with E-state index in [1.54, 1.807) is 9.80 Å². The summed E-state index contributed by atoms with van der Waals surface area (Å²) in [6.45, 7) is 19.3. The van der Waals surface area contributed by atoms with Crippen LogP contribution in [0.4, 0.5) is 9.59 Å². The minimum absolute atomic E-state index is 0.126. The molecule has 1 aliphatic heterocycles. The van der Waals surface area contributed by atoms with Crippen LogP contribution >= 0.6 is 15.9 Å². The van der Waals surface area contributed by atoms with Crippen LogP contribution in [0.5, 0.6) is 0 Å². The Balaban J connectivity index is 1.39. The molecule has 0 bridgehead atoms. The lowest BCUT2D eigenvalue weighted by Gasteiger charge is -2.27. The molecule has 1 aliphatic rings. The molecule has 4 rings (SSSR count). The number of hydrogen-bond acceptors (Lipinski definition) is 7. The lowest BCUT2D eigenvalue weighted by molar-refractivity contribution is 0.0216. The summed E-state index contributed by atoms with van der Waals surface area (Å²) in [6.07, 6.45) is 3.80. The van der Waals surface area contributed by atoms with Crippen LogP contribution < -0.4 is 5.32 Å². The number of hydrogen-bond donors (Lipinski definition) is 2. The summed E-state index contributed by atoms with van der Waals surface area (Å²) in [4.78, 5) is 41.2. The molecule has 1 fully saturated rings. The third-order valence-corrected chi connectivity index (χ3v) is 8.31. The van der Waals surface area contributed by atoms with Gasteiger partial charge in [-0.25, -0.2) is 14.6 Å². The van der Waals surface area contributed by atoms with E-state index in [2.05, 4.69) is 79.3 Å². The predicted octanol–water partition coefficient (Wildman–Crippen LogP) is 8.77. The zero-order chi connectivity index (χ0) is 35.1. The molecule has 2 N–H and O–H groups in total. The number of benzene rings is 2. The third kappa shape index (κ3) is 9.95. The van der Waals surface area contributed by atoms with Crippen molar-refractivity contribution in [2.45, 2.75) is 85.0 Å². The van der Waals surface area contributed by atoms with Crippen LogP contribution in [0, 0.1) is 0 Å². The Morgan fingerprint density at radius 3 is 2.19 bits per heavy atom. The Morgan fingerprint density at radius 1 is 1.00 bits per heavy atom. The normalized spacial score (nSPS) is 15.5. The van der Waals surface area contributed by atoms with Gasteiger partial charge in [-0.1, -0.05) is 55.5 Å². The number of likely N-dealkylation sites (tertiary alicyclic amines) is 1. The molecule has 48 heavy (non-hydrogen) atoms. The first kappa shape index (κ1) is 36.7. The van der Waals surface area contributed by atoms with Crippen LogP contribution in [0.1, 0.15) is 85.2 Å². The maximum absolute atomic E-state index is 12.8. The van der Waals surface area contributed by atoms with Gasteiger partial charge in [-0.3, -0.25) is 9.89 Å². The molecule has 0 aliphatic carbocycles. The van der Waals surface area contributed by atoms with Crippen LogP contribution in [0.3, 0.4) is 0 Å². The van der Waals surface area contributed by atoms with Crippen LogP contribution in [0.25, 0.3) is 28.1 Å². The van der Waals surface area contributed by atoms with Crippen molar-refractivity contribution in [3.63, 3.8) is 0 Å². The number of rotatable bonds is 11. The van der Waals surface area contributed by atoms with Gasteiger partial charge in [0, 0.05) is 31.7 Å². The second-order valence-electron chi connectivity index (χ2n) is 13.9. The van der Waals surface area contributed by atoms with Crippen LogP contribution in [-0.2, 0) is 9.47 Å². The molecule has 2 amide bonds. The monoisotopic (exact) mass is 720 g/mol. The first-order valence-corrected chi connectivity index (χ1v) is 17.3. The van der Waals surface area contributed by atoms with Gasteiger partial charge in [-0.15, -0.1) is 0 Å². The minimum Gasteiger partial charge on any atom is -0.444 e. The van der Waals surface area contributed by atoms with Gasteiger partial charge in [0.1, 0.15) is 21.6 Å². The summed E-state index contributed by atoms with van der Waals surface area (Å²) in [5, 5.41) is 3.32. The van der Waals surface area contributed by atoms with Gasteiger partial charge in [-0.05, 0) is 100 Å². The Kier molecular flexibility index (Phi) is 12.1. The summed E-state index contributed by atoms with van der Waals surface area (Å²) < 4.78 is 11.9. The molecule has 1 aromatic heterocycles. The van der Waals surface area contributed by atoms with Crippen LogP contribution in [0.15, 0.2) is 64.3 Å². The molecule has 2 heterocycles. The first-order chi connectivity index (χ1) is 22.7. The average Bonchev–Trinajstić information content (AvgIpc) is 3.70. The maximum atomic E-state index is 12.8. The Morgan fingerprint density at radius 2 is 1.60 bits per heavy atom. The van der Waals surface area contributed by atoms with E-state index >= 15 is 0 Å². The smallest absolute Gasteiger partial charge is 0.410 e. The highest BCUT2D eigenvalue weighted by Gasteiger charge is 2.35. The predicted molar refractivity (Wildman–Crippen MR) is 196 cm³/mol. The summed E-state index contributed by atoms with van der Waals surface area (Å²) in [5.74, 6) is 0.773. The highest BCUT2D eigenvalue weighted by atomic mass is 79.9. The van der Waals surface area contributed by atoms with E-state index in [0.29, 0.717) is 36.5 Å². The number of carbonyl (C=O) groups excluding carboxylic acids is 2. The summed E-state index contributed by atoms with van der Waals surface area (Å²) in [6, 6.07) is 16.3. The number of aliphatic imine (C=N–C) groups is 1. The van der Waals surface area contributed by atoms with Crippen molar-refractivity contribution >= 4 is 40.5 Å². The number of carbonyl (C=O) groups is 2. The molecule has 1 saturated heterocycles. The lowest BCUT2D eigenvalue weighted by Crippen LogP contribution is -2.40. The topological polar surface area (TPSA) is 112 Å². The second-order valence-corrected chi connectivity index (χ2v) is 14.7. The fraction of sp³-hybridized carbons (Fsp3) is 0.459. The van der Waals surface area contributed by atoms with Crippen molar-refractivity contribution in [2.24, 2.45) is 4.99 Å². The van der Waals surface area contributed by atoms with Gasteiger partial charge >= 0.3 is 12.2 Å². The standard InChI is InChI=1S/C37H49BrN6O4/c1-9-21-43(34(45)47-36(2,3)4)23-20-40-32(38)31(39-8)28-18-14-26(15-19-28)25-12-16-27(17-13-25)29-24-41-33(42-29)30-11-10-22-44(30)35(46)48-37(5,6)7/h12-19,24,30,40H,8-11,20-23H2,1-7H3,(H,41,42)/b32-31-. The van der Waals surface area contributed by atoms with Crippen molar-refractivity contribution < 1.29 is 19.1 Å². The Bertz CT molecular complexity index is 1590. The Labute approximate surface area is 293 Å². The van der Waals surface area contributed by atoms with Crippen LogP contribution in [-0.4, -0.2) is 76.1 Å². The fourth-order valence-corrected chi connectivity index (χ4v) is 6.02. The molecule has 3 aromatic rings. The van der Waals surface area contributed by atoms with Gasteiger partial charge < -0.3 is 24.7 Å². The molecule has 11 heteroatoms. The number of nitrogens with zero attached hydrogens (tertiary/aromatic N) is 4. The molecule has 10 nitrogen and oxygen atoms in total. The number of imidazole rings is 1.